The molecule has 0 unspecified atom stereocenters. The molecule has 2 N–H and O–H groups in total. The molecule has 1 heterocycles. The molecule has 1 aromatic carbocycles. The van der Waals surface area contributed by atoms with Gasteiger partial charge in [0, 0.05) is 24.0 Å². The topological polar surface area (TPSA) is 36.4 Å². The fraction of sp³-hybridized carbons (Fsp3) is 0.312. The predicted octanol–water partition coefficient (Wildman–Crippen LogP) is 3.94. The number of nitrogens with zero attached hydrogens (tertiary/aromatic N) is 1. The van der Waals surface area contributed by atoms with Gasteiger partial charge < -0.3 is 10.6 Å². The zero-order valence-corrected chi connectivity index (χ0v) is 16.0. The maximum Gasteiger partial charge on any atom is 0.191 e. The van der Waals surface area contributed by atoms with Gasteiger partial charge in [-0.15, -0.1) is 35.3 Å². The molecule has 0 saturated carbocycles. The van der Waals surface area contributed by atoms with Crippen LogP contribution < -0.4 is 10.6 Å². The lowest BCUT2D eigenvalue weighted by Gasteiger charge is -2.11. The summed E-state index contributed by atoms with van der Waals surface area (Å²) in [5.74, 6) is -0.394. The van der Waals surface area contributed by atoms with E-state index in [9.17, 15) is 8.78 Å². The van der Waals surface area contributed by atoms with Crippen LogP contribution in [0.3, 0.4) is 0 Å². The second kappa shape index (κ2) is 10.5. The van der Waals surface area contributed by atoms with Crippen LogP contribution >= 0.6 is 35.3 Å². The summed E-state index contributed by atoms with van der Waals surface area (Å²) in [5, 5.41) is 8.34. The Hall–Kier alpha value is -1.22. The summed E-state index contributed by atoms with van der Waals surface area (Å²) in [7, 11) is 0. The SMILES string of the molecule is CCNC(=NCc1cccs1)NCCc1cc(F)cc(F)c1.I. The molecular formula is C16H20F2IN3S. The van der Waals surface area contributed by atoms with Crippen molar-refractivity contribution in [1.29, 1.82) is 0 Å². The lowest BCUT2D eigenvalue weighted by atomic mass is 10.1. The molecule has 0 saturated heterocycles. The second-order valence-corrected chi connectivity index (χ2v) is 5.76. The third-order valence-electron chi connectivity index (χ3n) is 2.95. The molecule has 0 radical (unpaired) electrons. The first-order valence-corrected chi connectivity index (χ1v) is 8.05. The van der Waals surface area contributed by atoms with E-state index in [-0.39, 0.29) is 24.0 Å². The molecule has 2 aromatic rings. The van der Waals surface area contributed by atoms with E-state index < -0.39 is 11.6 Å². The average molecular weight is 451 g/mol. The number of hydrogen-bond donors (Lipinski definition) is 2. The van der Waals surface area contributed by atoms with Crippen molar-refractivity contribution in [1.82, 2.24) is 10.6 Å². The summed E-state index contributed by atoms with van der Waals surface area (Å²) < 4.78 is 26.2. The summed E-state index contributed by atoms with van der Waals surface area (Å²) in [6.45, 7) is 3.91. The van der Waals surface area contributed by atoms with E-state index in [4.69, 9.17) is 0 Å². The van der Waals surface area contributed by atoms with Gasteiger partial charge in [-0.2, -0.15) is 0 Å². The molecule has 126 valence electrons. The Labute approximate surface area is 156 Å². The molecule has 0 aliphatic rings. The fourth-order valence-electron chi connectivity index (χ4n) is 1.98. The Balaban J connectivity index is 0.00000264. The van der Waals surface area contributed by atoms with Crippen LogP contribution in [0.15, 0.2) is 40.7 Å². The van der Waals surface area contributed by atoms with Gasteiger partial charge in [-0.05, 0) is 42.5 Å². The first kappa shape index (κ1) is 19.8. The Morgan fingerprint density at radius 3 is 2.52 bits per heavy atom. The minimum absolute atomic E-state index is 0. The van der Waals surface area contributed by atoms with Crippen molar-refractivity contribution in [2.75, 3.05) is 13.1 Å². The van der Waals surface area contributed by atoms with E-state index in [2.05, 4.69) is 15.6 Å². The van der Waals surface area contributed by atoms with Crippen LogP contribution in [0.2, 0.25) is 0 Å². The Morgan fingerprint density at radius 1 is 1.17 bits per heavy atom. The van der Waals surface area contributed by atoms with E-state index in [1.54, 1.807) is 11.3 Å². The summed E-state index contributed by atoms with van der Waals surface area (Å²) >= 11 is 1.66. The van der Waals surface area contributed by atoms with Crippen LogP contribution in [0.1, 0.15) is 17.4 Å². The van der Waals surface area contributed by atoms with E-state index in [0.29, 0.717) is 31.0 Å². The zero-order chi connectivity index (χ0) is 15.8. The van der Waals surface area contributed by atoms with E-state index in [1.165, 1.54) is 17.0 Å². The highest BCUT2D eigenvalue weighted by Gasteiger charge is 2.02. The van der Waals surface area contributed by atoms with Crippen LogP contribution in [0, 0.1) is 11.6 Å². The van der Waals surface area contributed by atoms with Gasteiger partial charge in [0.05, 0.1) is 6.54 Å². The third-order valence-corrected chi connectivity index (χ3v) is 3.81. The predicted molar refractivity (Wildman–Crippen MR) is 103 cm³/mol. The number of benzene rings is 1. The van der Waals surface area contributed by atoms with Gasteiger partial charge in [0.15, 0.2) is 5.96 Å². The molecule has 0 spiro atoms. The number of rotatable bonds is 6. The highest BCUT2D eigenvalue weighted by molar-refractivity contribution is 14.0. The van der Waals surface area contributed by atoms with Gasteiger partial charge in [0.2, 0.25) is 0 Å². The summed E-state index contributed by atoms with van der Waals surface area (Å²) in [4.78, 5) is 5.66. The lowest BCUT2D eigenvalue weighted by molar-refractivity contribution is 0.579. The summed E-state index contributed by atoms with van der Waals surface area (Å²) in [6.07, 6.45) is 0.526. The van der Waals surface area contributed by atoms with E-state index in [0.717, 1.165) is 12.6 Å². The summed E-state index contributed by atoms with van der Waals surface area (Å²) in [6, 6.07) is 7.60. The first-order chi connectivity index (χ1) is 10.7. The highest BCUT2D eigenvalue weighted by Crippen LogP contribution is 2.09. The van der Waals surface area contributed by atoms with Crippen molar-refractivity contribution >= 4 is 41.3 Å². The number of aliphatic imine (C=N–C) groups is 1. The van der Waals surface area contributed by atoms with Gasteiger partial charge >= 0.3 is 0 Å². The van der Waals surface area contributed by atoms with Gasteiger partial charge in [0.25, 0.3) is 0 Å². The number of guanidine groups is 1. The maximum atomic E-state index is 13.1. The first-order valence-electron chi connectivity index (χ1n) is 7.17. The van der Waals surface area contributed by atoms with E-state index >= 15 is 0 Å². The second-order valence-electron chi connectivity index (χ2n) is 4.73. The van der Waals surface area contributed by atoms with Crippen molar-refractivity contribution in [3.8, 4) is 0 Å². The Kier molecular flexibility index (Phi) is 9.08. The fourth-order valence-corrected chi connectivity index (χ4v) is 2.61. The monoisotopic (exact) mass is 451 g/mol. The van der Waals surface area contributed by atoms with Crippen molar-refractivity contribution in [2.24, 2.45) is 4.99 Å². The molecule has 1 aromatic heterocycles. The van der Waals surface area contributed by atoms with Gasteiger partial charge in [-0.1, -0.05) is 6.07 Å². The van der Waals surface area contributed by atoms with Crippen LogP contribution in [0.4, 0.5) is 8.78 Å². The Morgan fingerprint density at radius 2 is 1.91 bits per heavy atom. The number of thiophene rings is 1. The van der Waals surface area contributed by atoms with Crippen molar-refractivity contribution in [3.63, 3.8) is 0 Å². The normalized spacial score (nSPS) is 11.0. The molecule has 0 amide bonds. The molecule has 3 nitrogen and oxygen atoms in total. The molecule has 0 fully saturated rings. The van der Waals surface area contributed by atoms with Crippen molar-refractivity contribution in [2.45, 2.75) is 19.9 Å². The molecule has 7 heteroatoms. The third kappa shape index (κ3) is 7.26. The van der Waals surface area contributed by atoms with Crippen LogP contribution in [0.25, 0.3) is 0 Å². The molecular weight excluding hydrogens is 431 g/mol. The smallest absolute Gasteiger partial charge is 0.191 e. The van der Waals surface area contributed by atoms with E-state index in [1.807, 2.05) is 24.4 Å². The van der Waals surface area contributed by atoms with Gasteiger partial charge in [-0.3, -0.25) is 0 Å². The summed E-state index contributed by atoms with van der Waals surface area (Å²) in [5.41, 5.74) is 0.624. The van der Waals surface area contributed by atoms with Crippen LogP contribution in [-0.2, 0) is 13.0 Å². The molecule has 23 heavy (non-hydrogen) atoms. The van der Waals surface area contributed by atoms with Crippen LogP contribution in [-0.4, -0.2) is 19.0 Å². The molecule has 0 aliphatic heterocycles. The van der Waals surface area contributed by atoms with Crippen molar-refractivity contribution < 1.29 is 8.78 Å². The minimum atomic E-state index is -0.548. The van der Waals surface area contributed by atoms with Crippen LogP contribution in [0.5, 0.6) is 0 Å². The zero-order valence-electron chi connectivity index (χ0n) is 12.8. The molecule has 0 bridgehead atoms. The molecule has 2 rings (SSSR count). The number of nitrogens with one attached hydrogen (secondary N) is 2. The lowest BCUT2D eigenvalue weighted by Crippen LogP contribution is -2.38. The average Bonchev–Trinajstić information content (AvgIpc) is 2.97. The molecule has 0 aliphatic carbocycles. The van der Waals surface area contributed by atoms with Crippen molar-refractivity contribution in [3.05, 3.63) is 57.8 Å². The highest BCUT2D eigenvalue weighted by atomic mass is 127. The van der Waals surface area contributed by atoms with Gasteiger partial charge in [0.1, 0.15) is 11.6 Å². The Bertz CT molecular complexity index is 598. The number of hydrogen-bond acceptors (Lipinski definition) is 2. The number of halogens is 3. The quantitative estimate of drug-likeness (QED) is 0.397. The standard InChI is InChI=1S/C16H19F2N3S.HI/c1-2-19-16(21-11-15-4-3-7-22-15)20-6-5-12-8-13(17)10-14(18)9-12;/h3-4,7-10H,2,5-6,11H2,1H3,(H2,19,20,21);1H. The maximum absolute atomic E-state index is 13.1. The largest absolute Gasteiger partial charge is 0.357 e. The molecule has 0 atom stereocenters. The minimum Gasteiger partial charge on any atom is -0.357 e. The van der Waals surface area contributed by atoms with Gasteiger partial charge in [-0.25, -0.2) is 13.8 Å².